The summed E-state index contributed by atoms with van der Waals surface area (Å²) in [6.45, 7) is 5.44. The zero-order chi connectivity index (χ0) is 22.0. The maximum Gasteiger partial charge on any atom is 0.245 e. The Balaban J connectivity index is 1.21. The van der Waals surface area contributed by atoms with Crippen molar-refractivity contribution < 1.29 is 9.59 Å². The molecule has 0 spiro atoms. The van der Waals surface area contributed by atoms with Gasteiger partial charge in [0.25, 0.3) is 0 Å². The highest BCUT2D eigenvalue weighted by Gasteiger charge is 2.55. The van der Waals surface area contributed by atoms with E-state index in [1.165, 1.54) is 35.9 Å². The standard InChI is InChI=1S/C27H35N3O2/c1-16(2)24(29-26(32)27-12-17-9-18(13-27)11-19(10-17)14-27)25(31)30-8-7-23-21(15-30)20-5-3-4-6-22(20)28-23/h3-6,16-19,24,28H,7-15H2,1-2H3,(H,29,32). The van der Waals surface area contributed by atoms with Crippen LogP contribution in [0.2, 0.25) is 0 Å². The van der Waals surface area contributed by atoms with Gasteiger partial charge in [0.15, 0.2) is 0 Å². The Bertz CT molecular complexity index is 1030. The molecule has 1 aliphatic heterocycles. The first-order valence-corrected chi connectivity index (χ1v) is 12.6. The Morgan fingerprint density at radius 3 is 2.38 bits per heavy atom. The van der Waals surface area contributed by atoms with Crippen LogP contribution < -0.4 is 5.32 Å². The van der Waals surface area contributed by atoms with Gasteiger partial charge in [-0.1, -0.05) is 32.0 Å². The molecule has 0 radical (unpaired) electrons. The summed E-state index contributed by atoms with van der Waals surface area (Å²) in [5, 5.41) is 4.49. The molecule has 4 saturated carbocycles. The number of carbonyl (C=O) groups excluding carboxylic acids is 2. The Morgan fingerprint density at radius 1 is 1.06 bits per heavy atom. The van der Waals surface area contributed by atoms with Gasteiger partial charge in [-0.15, -0.1) is 0 Å². The average molecular weight is 434 g/mol. The number of aromatic amines is 1. The quantitative estimate of drug-likeness (QED) is 0.750. The Kier molecular flexibility index (Phi) is 4.67. The van der Waals surface area contributed by atoms with Gasteiger partial charge in [-0.25, -0.2) is 0 Å². The molecule has 5 aliphatic rings. The summed E-state index contributed by atoms with van der Waals surface area (Å²) in [4.78, 5) is 32.8. The highest BCUT2D eigenvalue weighted by molar-refractivity contribution is 5.91. The topological polar surface area (TPSA) is 65.2 Å². The summed E-state index contributed by atoms with van der Waals surface area (Å²) >= 11 is 0. The van der Waals surface area contributed by atoms with Crippen molar-refractivity contribution in [3.8, 4) is 0 Å². The molecule has 1 atom stereocenters. The second-order valence-corrected chi connectivity index (χ2v) is 11.5. The van der Waals surface area contributed by atoms with E-state index in [2.05, 4.69) is 42.3 Å². The summed E-state index contributed by atoms with van der Waals surface area (Å²) < 4.78 is 0. The molecular weight excluding hydrogens is 398 g/mol. The third-order valence-electron chi connectivity index (χ3n) is 8.93. The fourth-order valence-electron chi connectivity index (χ4n) is 7.75. The molecule has 5 heteroatoms. The molecule has 1 aromatic heterocycles. The maximum absolute atomic E-state index is 13.7. The van der Waals surface area contributed by atoms with E-state index in [1.807, 2.05) is 11.0 Å². The van der Waals surface area contributed by atoms with Gasteiger partial charge in [0.1, 0.15) is 6.04 Å². The van der Waals surface area contributed by atoms with Crippen LogP contribution in [0.3, 0.4) is 0 Å². The lowest BCUT2D eigenvalue weighted by Crippen LogP contribution is -2.59. The summed E-state index contributed by atoms with van der Waals surface area (Å²) in [6, 6.07) is 7.89. The molecule has 1 aromatic carbocycles. The largest absolute Gasteiger partial charge is 0.358 e. The number of fused-ring (bicyclic) bond motifs is 3. The predicted molar refractivity (Wildman–Crippen MR) is 125 cm³/mol. The molecule has 170 valence electrons. The molecule has 32 heavy (non-hydrogen) atoms. The van der Waals surface area contributed by atoms with Crippen LogP contribution in [0.1, 0.15) is 63.6 Å². The number of para-hydroxylation sites is 1. The fourth-order valence-corrected chi connectivity index (χ4v) is 7.75. The summed E-state index contributed by atoms with van der Waals surface area (Å²) in [5.41, 5.74) is 3.40. The number of benzene rings is 1. The number of nitrogens with zero attached hydrogens (tertiary/aromatic N) is 1. The van der Waals surface area contributed by atoms with Crippen LogP contribution >= 0.6 is 0 Å². The van der Waals surface area contributed by atoms with E-state index >= 15 is 0 Å². The van der Waals surface area contributed by atoms with E-state index in [-0.39, 0.29) is 23.1 Å². The van der Waals surface area contributed by atoms with Crippen molar-refractivity contribution in [2.24, 2.45) is 29.1 Å². The van der Waals surface area contributed by atoms with Gasteiger partial charge in [-0.05, 0) is 68.3 Å². The number of hydrogen-bond acceptors (Lipinski definition) is 2. The Labute approximate surface area is 190 Å². The Morgan fingerprint density at radius 2 is 1.72 bits per heavy atom. The smallest absolute Gasteiger partial charge is 0.245 e. The SMILES string of the molecule is CC(C)C(NC(=O)C12CC3CC(CC(C3)C1)C2)C(=O)N1CCc2[nH]c3ccccc3c2C1. The van der Waals surface area contributed by atoms with E-state index < -0.39 is 6.04 Å². The minimum absolute atomic E-state index is 0.0738. The molecule has 2 aromatic rings. The van der Waals surface area contributed by atoms with E-state index in [0.29, 0.717) is 13.1 Å². The molecule has 0 saturated heterocycles. The van der Waals surface area contributed by atoms with Gasteiger partial charge in [0.05, 0.1) is 0 Å². The summed E-state index contributed by atoms with van der Waals surface area (Å²) in [6.07, 6.45) is 7.90. The molecule has 5 nitrogen and oxygen atoms in total. The Hall–Kier alpha value is -2.30. The van der Waals surface area contributed by atoms with Crippen LogP contribution in [0, 0.1) is 29.1 Å². The molecule has 7 rings (SSSR count). The zero-order valence-corrected chi connectivity index (χ0v) is 19.3. The van der Waals surface area contributed by atoms with E-state index in [4.69, 9.17) is 0 Å². The highest BCUT2D eigenvalue weighted by Crippen LogP contribution is 2.60. The minimum atomic E-state index is -0.442. The monoisotopic (exact) mass is 433 g/mol. The number of amides is 2. The highest BCUT2D eigenvalue weighted by atomic mass is 16.2. The van der Waals surface area contributed by atoms with Crippen molar-refractivity contribution >= 4 is 22.7 Å². The molecule has 1 unspecified atom stereocenters. The van der Waals surface area contributed by atoms with Crippen molar-refractivity contribution in [2.45, 2.75) is 71.4 Å². The van der Waals surface area contributed by atoms with Crippen molar-refractivity contribution in [1.82, 2.24) is 15.2 Å². The van der Waals surface area contributed by atoms with Gasteiger partial charge >= 0.3 is 0 Å². The zero-order valence-electron chi connectivity index (χ0n) is 19.3. The predicted octanol–water partition coefficient (Wildman–Crippen LogP) is 4.41. The number of hydrogen-bond donors (Lipinski definition) is 2. The number of carbonyl (C=O) groups is 2. The van der Waals surface area contributed by atoms with Gasteiger partial charge in [-0.2, -0.15) is 0 Å². The fraction of sp³-hybridized carbons (Fsp3) is 0.630. The number of rotatable bonds is 4. The third-order valence-corrected chi connectivity index (χ3v) is 8.93. The first kappa shape index (κ1) is 20.3. The second-order valence-electron chi connectivity index (χ2n) is 11.5. The van der Waals surface area contributed by atoms with Crippen LogP contribution in [-0.2, 0) is 22.6 Å². The lowest BCUT2D eigenvalue weighted by Gasteiger charge is -2.56. The van der Waals surface area contributed by atoms with Gasteiger partial charge in [0.2, 0.25) is 11.8 Å². The van der Waals surface area contributed by atoms with Crippen LogP contribution in [0.25, 0.3) is 10.9 Å². The van der Waals surface area contributed by atoms with Crippen molar-refractivity contribution in [3.63, 3.8) is 0 Å². The van der Waals surface area contributed by atoms with E-state index in [1.54, 1.807) is 0 Å². The first-order chi connectivity index (χ1) is 15.4. The molecule has 2 N–H and O–H groups in total. The molecular formula is C27H35N3O2. The van der Waals surface area contributed by atoms with Crippen LogP contribution in [0.5, 0.6) is 0 Å². The number of nitrogens with one attached hydrogen (secondary N) is 2. The second kappa shape index (κ2) is 7.36. The molecule has 4 bridgehead atoms. The molecule has 2 heterocycles. The van der Waals surface area contributed by atoms with Crippen LogP contribution in [0.4, 0.5) is 0 Å². The summed E-state index contributed by atoms with van der Waals surface area (Å²) in [7, 11) is 0. The minimum Gasteiger partial charge on any atom is -0.358 e. The van der Waals surface area contributed by atoms with E-state index in [0.717, 1.165) is 49.0 Å². The number of H-pyrrole nitrogens is 1. The normalized spacial score (nSPS) is 31.7. The molecule has 4 fully saturated rings. The lowest BCUT2D eigenvalue weighted by atomic mass is 9.49. The van der Waals surface area contributed by atoms with Gasteiger partial charge in [-0.3, -0.25) is 9.59 Å². The first-order valence-electron chi connectivity index (χ1n) is 12.6. The van der Waals surface area contributed by atoms with Crippen molar-refractivity contribution in [2.75, 3.05) is 6.54 Å². The average Bonchev–Trinajstić information content (AvgIpc) is 3.13. The van der Waals surface area contributed by atoms with Crippen LogP contribution in [0.15, 0.2) is 24.3 Å². The third kappa shape index (κ3) is 3.19. The van der Waals surface area contributed by atoms with Gasteiger partial charge < -0.3 is 15.2 Å². The lowest BCUT2D eigenvalue weighted by molar-refractivity contribution is -0.150. The van der Waals surface area contributed by atoms with Gasteiger partial charge in [0, 0.05) is 47.1 Å². The van der Waals surface area contributed by atoms with Crippen LogP contribution in [-0.4, -0.2) is 34.3 Å². The molecule has 4 aliphatic carbocycles. The number of aromatic nitrogens is 1. The summed E-state index contributed by atoms with van der Waals surface area (Å²) in [5.74, 6) is 2.49. The maximum atomic E-state index is 13.7. The van der Waals surface area contributed by atoms with Crippen molar-refractivity contribution in [1.29, 1.82) is 0 Å². The van der Waals surface area contributed by atoms with E-state index in [9.17, 15) is 9.59 Å². The van der Waals surface area contributed by atoms with Crippen molar-refractivity contribution in [3.05, 3.63) is 35.5 Å². The molecule has 2 amide bonds.